The van der Waals surface area contributed by atoms with Gasteiger partial charge in [0.2, 0.25) is 0 Å². The molecule has 0 fully saturated rings. The topological polar surface area (TPSA) is 82.2 Å². The highest BCUT2D eigenvalue weighted by Gasteiger charge is 2.10. The fourth-order valence-corrected chi connectivity index (χ4v) is 1.16. The van der Waals surface area contributed by atoms with Crippen LogP contribution in [-0.4, -0.2) is 30.4 Å². The van der Waals surface area contributed by atoms with Gasteiger partial charge < -0.3 is 16.0 Å². The van der Waals surface area contributed by atoms with Crippen LogP contribution in [0.4, 0.5) is 14.9 Å². The van der Waals surface area contributed by atoms with Crippen LogP contribution in [0.2, 0.25) is 0 Å². The van der Waals surface area contributed by atoms with E-state index in [1.54, 1.807) is 19.2 Å². The molecular formula is C11H15FN4O. The predicted octanol–water partition coefficient (Wildman–Crippen LogP) is 1.62. The Balaban J connectivity index is 2.54. The van der Waals surface area contributed by atoms with Crippen molar-refractivity contribution in [2.75, 3.05) is 18.9 Å². The molecule has 5 nitrogen and oxygen atoms in total. The van der Waals surface area contributed by atoms with Crippen molar-refractivity contribution in [3.05, 3.63) is 30.1 Å². The second-order valence-electron chi connectivity index (χ2n) is 3.61. The Morgan fingerprint density at radius 1 is 1.53 bits per heavy atom. The highest BCUT2D eigenvalue weighted by molar-refractivity contribution is 5.89. The van der Waals surface area contributed by atoms with E-state index in [9.17, 15) is 9.18 Å². The highest BCUT2D eigenvalue weighted by Crippen LogP contribution is 2.12. The van der Waals surface area contributed by atoms with E-state index in [4.69, 9.17) is 11.1 Å². The number of urea groups is 1. The first kappa shape index (κ1) is 13.0. The molecule has 4 N–H and O–H groups in total. The number of halogens is 1. The summed E-state index contributed by atoms with van der Waals surface area (Å²) in [4.78, 5) is 13.0. The molecule has 1 aromatic carbocycles. The number of anilines is 1. The maximum absolute atomic E-state index is 13.2. The Hall–Kier alpha value is -2.11. The zero-order valence-electron chi connectivity index (χ0n) is 9.53. The summed E-state index contributed by atoms with van der Waals surface area (Å²) in [5, 5.41) is 9.48. The number of hydrogen-bond acceptors (Lipinski definition) is 2. The molecule has 0 saturated heterocycles. The van der Waals surface area contributed by atoms with Crippen LogP contribution in [-0.2, 0) is 0 Å². The van der Waals surface area contributed by atoms with Crippen LogP contribution in [0, 0.1) is 11.2 Å². The monoisotopic (exact) mass is 238 g/mol. The van der Waals surface area contributed by atoms with E-state index in [2.05, 4.69) is 5.32 Å². The largest absolute Gasteiger partial charge is 0.388 e. The fraction of sp³-hybridized carbons (Fsp3) is 0.273. The van der Waals surface area contributed by atoms with Crippen LogP contribution in [0.25, 0.3) is 0 Å². The Morgan fingerprint density at radius 3 is 2.76 bits per heavy atom. The molecule has 1 rings (SSSR count). The second kappa shape index (κ2) is 5.83. The lowest BCUT2D eigenvalue weighted by Crippen LogP contribution is -2.34. The standard InChI is InChI=1S/C11H15FN4O/c1-16(7-6-10(13)14)11(17)15-9-5-3-2-4-8(9)12/h2-5H,6-7H2,1H3,(H3,13,14)(H,15,17). The molecule has 0 bridgehead atoms. The molecule has 0 aromatic heterocycles. The molecule has 0 aliphatic heterocycles. The summed E-state index contributed by atoms with van der Waals surface area (Å²) in [5.41, 5.74) is 5.31. The molecule has 0 aliphatic carbocycles. The smallest absolute Gasteiger partial charge is 0.321 e. The molecule has 6 heteroatoms. The quantitative estimate of drug-likeness (QED) is 0.550. The van der Waals surface area contributed by atoms with Crippen molar-refractivity contribution in [1.82, 2.24) is 4.90 Å². The lowest BCUT2D eigenvalue weighted by molar-refractivity contribution is 0.223. The number of para-hydroxylation sites is 1. The average Bonchev–Trinajstić information content (AvgIpc) is 2.28. The summed E-state index contributed by atoms with van der Waals surface area (Å²) < 4.78 is 13.2. The van der Waals surface area contributed by atoms with Gasteiger partial charge in [-0.2, -0.15) is 0 Å². The van der Waals surface area contributed by atoms with Crippen LogP contribution in [0.15, 0.2) is 24.3 Å². The molecule has 0 spiro atoms. The molecule has 2 amide bonds. The molecule has 0 radical (unpaired) electrons. The van der Waals surface area contributed by atoms with Crippen molar-refractivity contribution < 1.29 is 9.18 Å². The van der Waals surface area contributed by atoms with E-state index in [0.29, 0.717) is 13.0 Å². The number of carbonyl (C=O) groups is 1. The van der Waals surface area contributed by atoms with Crippen LogP contribution in [0.3, 0.4) is 0 Å². The predicted molar refractivity (Wildman–Crippen MR) is 64.6 cm³/mol. The molecule has 1 aromatic rings. The normalized spacial score (nSPS) is 9.76. The van der Waals surface area contributed by atoms with Gasteiger partial charge in [-0.15, -0.1) is 0 Å². The summed E-state index contributed by atoms with van der Waals surface area (Å²) in [7, 11) is 1.55. The number of benzene rings is 1. The van der Waals surface area contributed by atoms with E-state index in [0.717, 1.165) is 0 Å². The van der Waals surface area contributed by atoms with Gasteiger partial charge in [0.1, 0.15) is 5.82 Å². The lowest BCUT2D eigenvalue weighted by Gasteiger charge is -2.17. The molecule has 0 saturated carbocycles. The zero-order chi connectivity index (χ0) is 12.8. The fourth-order valence-electron chi connectivity index (χ4n) is 1.16. The number of nitrogens with two attached hydrogens (primary N) is 1. The molecule has 92 valence electrons. The Kier molecular flexibility index (Phi) is 4.45. The summed E-state index contributed by atoms with van der Waals surface area (Å²) in [6.07, 6.45) is 0.293. The molecule has 0 aliphatic rings. The van der Waals surface area contributed by atoms with Crippen molar-refractivity contribution in [2.24, 2.45) is 5.73 Å². The third kappa shape index (κ3) is 4.10. The first-order chi connectivity index (χ1) is 8.00. The molecule has 0 heterocycles. The van der Waals surface area contributed by atoms with Crippen molar-refractivity contribution >= 4 is 17.6 Å². The summed E-state index contributed by atoms with van der Waals surface area (Å²) in [6.45, 7) is 0.315. The summed E-state index contributed by atoms with van der Waals surface area (Å²) in [5.74, 6) is -0.476. The molecule has 17 heavy (non-hydrogen) atoms. The van der Waals surface area contributed by atoms with Gasteiger partial charge in [-0.3, -0.25) is 5.41 Å². The zero-order valence-corrected chi connectivity index (χ0v) is 9.53. The third-order valence-electron chi connectivity index (χ3n) is 2.18. The number of carbonyl (C=O) groups excluding carboxylic acids is 1. The van der Waals surface area contributed by atoms with Gasteiger partial charge in [0.05, 0.1) is 11.5 Å². The maximum Gasteiger partial charge on any atom is 0.321 e. The number of nitrogens with zero attached hydrogens (tertiary/aromatic N) is 1. The molecular weight excluding hydrogens is 223 g/mol. The number of nitrogens with one attached hydrogen (secondary N) is 2. The Bertz CT molecular complexity index is 422. The van der Waals surface area contributed by atoms with Crippen LogP contribution < -0.4 is 11.1 Å². The molecule has 0 unspecified atom stereocenters. The van der Waals surface area contributed by atoms with Crippen LogP contribution in [0.5, 0.6) is 0 Å². The van der Waals surface area contributed by atoms with Gasteiger partial charge in [0.25, 0.3) is 0 Å². The number of amidine groups is 1. The van der Waals surface area contributed by atoms with Gasteiger partial charge in [-0.1, -0.05) is 12.1 Å². The maximum atomic E-state index is 13.2. The minimum absolute atomic E-state index is 0.00976. The Labute approximate surface area is 98.9 Å². The average molecular weight is 238 g/mol. The minimum Gasteiger partial charge on any atom is -0.388 e. The highest BCUT2D eigenvalue weighted by atomic mass is 19.1. The summed E-state index contributed by atoms with van der Waals surface area (Å²) in [6, 6.07) is 5.49. The van der Waals surface area contributed by atoms with E-state index in [1.165, 1.54) is 17.0 Å². The Morgan fingerprint density at radius 2 is 2.18 bits per heavy atom. The van der Waals surface area contributed by atoms with Crippen molar-refractivity contribution in [2.45, 2.75) is 6.42 Å². The van der Waals surface area contributed by atoms with Crippen LogP contribution in [0.1, 0.15) is 6.42 Å². The van der Waals surface area contributed by atoms with E-state index < -0.39 is 11.8 Å². The third-order valence-corrected chi connectivity index (χ3v) is 2.18. The SMILES string of the molecule is CN(CCC(=N)N)C(=O)Nc1ccccc1F. The number of amides is 2. The lowest BCUT2D eigenvalue weighted by atomic mass is 10.3. The van der Waals surface area contributed by atoms with Crippen molar-refractivity contribution in [3.8, 4) is 0 Å². The van der Waals surface area contributed by atoms with Gasteiger partial charge in [0.15, 0.2) is 0 Å². The summed E-state index contributed by atoms with van der Waals surface area (Å²) >= 11 is 0. The molecule has 0 atom stereocenters. The van der Waals surface area contributed by atoms with Gasteiger partial charge >= 0.3 is 6.03 Å². The number of rotatable bonds is 4. The van der Waals surface area contributed by atoms with Gasteiger partial charge in [0, 0.05) is 20.0 Å². The van der Waals surface area contributed by atoms with E-state index >= 15 is 0 Å². The minimum atomic E-state index is -0.485. The van der Waals surface area contributed by atoms with Gasteiger partial charge in [-0.25, -0.2) is 9.18 Å². The van der Waals surface area contributed by atoms with Crippen molar-refractivity contribution in [1.29, 1.82) is 5.41 Å². The first-order valence-electron chi connectivity index (χ1n) is 5.10. The second-order valence-corrected chi connectivity index (χ2v) is 3.61. The van der Waals surface area contributed by atoms with Crippen molar-refractivity contribution in [3.63, 3.8) is 0 Å². The van der Waals surface area contributed by atoms with E-state index in [1.807, 2.05) is 0 Å². The number of hydrogen-bond donors (Lipinski definition) is 3. The van der Waals surface area contributed by atoms with E-state index in [-0.39, 0.29) is 11.5 Å². The van der Waals surface area contributed by atoms with Crippen LogP contribution >= 0.6 is 0 Å². The first-order valence-corrected chi connectivity index (χ1v) is 5.10. The van der Waals surface area contributed by atoms with Gasteiger partial charge in [-0.05, 0) is 12.1 Å².